The first-order valence-corrected chi connectivity index (χ1v) is 28.2. The number of hydrogen-bond donors (Lipinski definition) is 1. The Morgan fingerprint density at radius 2 is 1.56 bits per heavy atom. The van der Waals surface area contributed by atoms with Gasteiger partial charge in [-0.05, 0) is 156 Å². The summed E-state index contributed by atoms with van der Waals surface area (Å²) in [5.74, 6) is 2.56. The summed E-state index contributed by atoms with van der Waals surface area (Å²) in [4.78, 5) is 16.9. The number of ether oxygens (including phenoxy) is 5. The molecule has 1 N–H and O–H groups in total. The Kier molecular flexibility index (Phi) is 12.7. The third-order valence-corrected chi connectivity index (χ3v) is 24.6. The molecule has 8 fully saturated rings. The molecule has 3 heterocycles. The van der Waals surface area contributed by atoms with Crippen molar-refractivity contribution in [2.24, 2.45) is 56.7 Å². The largest absolute Gasteiger partial charge is 0.444 e. The van der Waals surface area contributed by atoms with E-state index in [1.165, 1.54) is 38.5 Å². The van der Waals surface area contributed by atoms with E-state index in [0.717, 1.165) is 63.7 Å². The Balaban J connectivity index is 1.00. The van der Waals surface area contributed by atoms with Crippen LogP contribution in [0.1, 0.15) is 148 Å². The van der Waals surface area contributed by atoms with E-state index in [2.05, 4.69) is 60.3 Å². The average molecular weight is 887 g/mol. The predicted molar refractivity (Wildman–Crippen MR) is 246 cm³/mol. The van der Waals surface area contributed by atoms with Crippen LogP contribution >= 0.6 is 0 Å². The van der Waals surface area contributed by atoms with E-state index in [-0.39, 0.29) is 59.1 Å². The third-order valence-electron chi connectivity index (χ3n) is 20.0. The lowest BCUT2D eigenvalue weighted by Crippen LogP contribution is -2.61. The first-order valence-electron chi connectivity index (χ1n) is 25.6. The second-order valence-corrected chi connectivity index (χ2v) is 29.6. The van der Waals surface area contributed by atoms with Gasteiger partial charge in [0.2, 0.25) is 0 Å². The maximum absolute atomic E-state index is 12.6. The lowest BCUT2D eigenvalue weighted by Gasteiger charge is -2.64. The summed E-state index contributed by atoms with van der Waals surface area (Å²) in [7, 11) is -2.04. The lowest BCUT2D eigenvalue weighted by atomic mass is 9.41. The van der Waals surface area contributed by atoms with Gasteiger partial charge in [-0.1, -0.05) is 55.4 Å². The van der Waals surface area contributed by atoms with Gasteiger partial charge in [-0.15, -0.1) is 0 Å². The molecule has 3 aliphatic heterocycles. The van der Waals surface area contributed by atoms with Crippen LogP contribution in [-0.2, 0) is 28.1 Å². The van der Waals surface area contributed by atoms with Crippen LogP contribution in [0.2, 0.25) is 18.1 Å². The quantitative estimate of drug-likeness (QED) is 0.181. The maximum atomic E-state index is 12.6. The van der Waals surface area contributed by atoms with E-state index in [1.54, 1.807) is 0 Å². The number of morpholine rings is 1. The summed E-state index contributed by atoms with van der Waals surface area (Å²) in [5.41, 5.74) is -0.617. The topological polar surface area (TPSA) is 99.2 Å². The molecule has 0 unspecified atom stereocenters. The van der Waals surface area contributed by atoms with E-state index >= 15 is 0 Å². The molecule has 0 aromatic heterocycles. The molecule has 2 spiro atoms. The van der Waals surface area contributed by atoms with Gasteiger partial charge in [0.1, 0.15) is 11.7 Å². The Labute approximate surface area is 378 Å². The molecule has 8 rings (SSSR count). The molecule has 0 aromatic rings. The molecule has 1 amide bonds. The molecule has 0 bridgehead atoms. The van der Waals surface area contributed by atoms with Crippen LogP contribution in [0.3, 0.4) is 0 Å². The number of fused-ring (bicyclic) bond motifs is 4. The van der Waals surface area contributed by atoms with E-state index in [4.69, 9.17) is 28.1 Å². The van der Waals surface area contributed by atoms with Gasteiger partial charge in [-0.2, -0.15) is 0 Å². The molecule has 3 saturated heterocycles. The molecule has 356 valence electrons. The molecule has 10 nitrogen and oxygen atoms in total. The first-order chi connectivity index (χ1) is 29.0. The number of hydrogen-bond acceptors (Lipinski definition) is 9. The molecule has 62 heavy (non-hydrogen) atoms. The van der Waals surface area contributed by atoms with Crippen LogP contribution in [0.5, 0.6) is 0 Å². The molecule has 0 aromatic carbocycles. The van der Waals surface area contributed by atoms with Crippen molar-refractivity contribution >= 4 is 14.4 Å². The smallest absolute Gasteiger partial charge is 0.410 e. The highest BCUT2D eigenvalue weighted by atomic mass is 28.4. The number of carbonyl (C=O) groups is 1. The number of amides is 1. The second kappa shape index (κ2) is 16.5. The van der Waals surface area contributed by atoms with Crippen LogP contribution in [0, 0.1) is 56.7 Å². The highest BCUT2D eigenvalue weighted by molar-refractivity contribution is 6.73. The number of likely N-dealkylation sites (tertiary alicyclic amines) is 1. The highest BCUT2D eigenvalue weighted by Gasteiger charge is 2.85. The van der Waals surface area contributed by atoms with Gasteiger partial charge in [-0.3, -0.25) is 4.90 Å². The van der Waals surface area contributed by atoms with Crippen molar-refractivity contribution in [2.45, 2.75) is 214 Å². The van der Waals surface area contributed by atoms with Gasteiger partial charge in [0, 0.05) is 50.7 Å². The molecule has 0 radical (unpaired) electrons. The third kappa shape index (κ3) is 7.53. The minimum atomic E-state index is -2.04. The number of nitrogens with zero attached hydrogens (tertiary/aromatic N) is 2. The fourth-order valence-electron chi connectivity index (χ4n) is 16.7. The zero-order chi connectivity index (χ0) is 45.1. The van der Waals surface area contributed by atoms with Crippen molar-refractivity contribution in [3.05, 3.63) is 0 Å². The zero-order valence-corrected chi connectivity index (χ0v) is 42.8. The predicted octanol–water partition coefficient (Wildman–Crippen LogP) is 9.92. The molecule has 8 aliphatic rings. The van der Waals surface area contributed by atoms with E-state index in [9.17, 15) is 9.90 Å². The monoisotopic (exact) mass is 887 g/mol. The van der Waals surface area contributed by atoms with Crippen molar-refractivity contribution in [2.75, 3.05) is 45.9 Å². The highest BCUT2D eigenvalue weighted by Crippen LogP contribution is 2.89. The van der Waals surface area contributed by atoms with Crippen molar-refractivity contribution in [1.29, 1.82) is 0 Å². The van der Waals surface area contributed by atoms with Gasteiger partial charge in [0.05, 0.1) is 36.6 Å². The van der Waals surface area contributed by atoms with Crippen LogP contribution < -0.4 is 0 Å². The fraction of sp³-hybridized carbons (Fsp3) is 0.980. The van der Waals surface area contributed by atoms with E-state index in [1.807, 2.05) is 46.4 Å². The lowest BCUT2D eigenvalue weighted by molar-refractivity contribution is -0.249. The van der Waals surface area contributed by atoms with Crippen LogP contribution in [-0.4, -0.2) is 123 Å². The van der Waals surface area contributed by atoms with Crippen LogP contribution in [0.15, 0.2) is 0 Å². The summed E-state index contributed by atoms with van der Waals surface area (Å²) >= 11 is 0. The SMILES string of the molecule is CCO[C@@H]([C@H]1C[C@@H](C)[C@H]2[C@H](O1)[C@H](O[Si](CC)(CC)CC)[C@@]1(C)[C@@H]3CC[C@H]4C(C)(C)[C@@H](O[C@H]5CN(CC6CN(C(=O)OC(C)(C)C)C6)CCO5)CC[C@@]45C[C@@]35CC[C@]21C)C(C)(C)O. The number of carbonyl (C=O) groups excluding carboxylic acids is 1. The Bertz CT molecular complexity index is 1610. The minimum Gasteiger partial charge on any atom is -0.444 e. The van der Waals surface area contributed by atoms with Crippen LogP contribution in [0.25, 0.3) is 0 Å². The van der Waals surface area contributed by atoms with Gasteiger partial charge in [0.25, 0.3) is 0 Å². The molecule has 14 atom stereocenters. The summed E-state index contributed by atoms with van der Waals surface area (Å²) in [6.07, 6.45) is 8.98. The summed E-state index contributed by atoms with van der Waals surface area (Å²) in [5, 5.41) is 11.5. The second-order valence-electron chi connectivity index (χ2n) is 24.9. The first kappa shape index (κ1) is 47.7. The Morgan fingerprint density at radius 1 is 0.903 bits per heavy atom. The number of aliphatic hydroxyl groups is 1. The molecule has 5 saturated carbocycles. The van der Waals surface area contributed by atoms with Crippen molar-refractivity contribution in [3.63, 3.8) is 0 Å². The van der Waals surface area contributed by atoms with Gasteiger partial charge in [0.15, 0.2) is 14.6 Å². The zero-order valence-electron chi connectivity index (χ0n) is 41.8. The normalized spacial score (nSPS) is 43.7. The van der Waals surface area contributed by atoms with Crippen LogP contribution in [0.4, 0.5) is 4.79 Å². The molecule has 11 heteroatoms. The van der Waals surface area contributed by atoms with Crippen molar-refractivity contribution in [1.82, 2.24) is 9.80 Å². The van der Waals surface area contributed by atoms with E-state index in [0.29, 0.717) is 53.6 Å². The summed E-state index contributed by atoms with van der Waals surface area (Å²) in [6.45, 7) is 37.2. The van der Waals surface area contributed by atoms with Gasteiger partial charge in [-0.25, -0.2) is 4.79 Å². The van der Waals surface area contributed by atoms with Crippen molar-refractivity contribution < 1.29 is 38.0 Å². The van der Waals surface area contributed by atoms with Gasteiger partial charge < -0.3 is 38.1 Å². The fourth-order valence-corrected chi connectivity index (χ4v) is 19.7. The number of rotatable bonds is 13. The average Bonchev–Trinajstić information content (AvgIpc) is 3.80. The van der Waals surface area contributed by atoms with Crippen molar-refractivity contribution in [3.8, 4) is 0 Å². The molecular weight excluding hydrogens is 797 g/mol. The molecule has 5 aliphatic carbocycles. The Morgan fingerprint density at radius 3 is 2.19 bits per heavy atom. The van der Waals surface area contributed by atoms with Gasteiger partial charge >= 0.3 is 6.09 Å². The maximum Gasteiger partial charge on any atom is 0.410 e. The standard InChI is InChI=1S/C51H90N2O8Si/c1-15-56-42(47(11,12)55)35-27-33(5)40-41(58-35)43(61-62(16-2,17-3)18-4)49(14)37-20-19-36-46(9,10)38(21-22-50(36)32-51(37,50)24-23-48(40,49)13)59-39-31-52(25-26-57-39)28-34-29-53(30-34)44(54)60-45(6,7)8/h33-43,55H,15-32H2,1-14H3/t33-,35-,36+,37+,38+,39+,40+,41+,42+,43+,48-,49-,50-,51+/m1/s1. The summed E-state index contributed by atoms with van der Waals surface area (Å²) < 4.78 is 41.0. The van der Waals surface area contributed by atoms with E-state index < -0.39 is 19.5 Å². The Hall–Kier alpha value is -0.793. The minimum absolute atomic E-state index is 0.00648. The molecular formula is C51H90N2O8Si. The summed E-state index contributed by atoms with van der Waals surface area (Å²) in [6, 6.07) is 3.41.